The molecule has 6 heteroatoms. The summed E-state index contributed by atoms with van der Waals surface area (Å²) >= 11 is 6.06. The molecule has 0 saturated heterocycles. The highest BCUT2D eigenvalue weighted by atomic mass is 35.5. The molecule has 1 fully saturated rings. The van der Waals surface area contributed by atoms with Gasteiger partial charge in [-0.1, -0.05) is 17.7 Å². The summed E-state index contributed by atoms with van der Waals surface area (Å²) in [5, 5.41) is 0.463. The number of benzene rings is 1. The first-order chi connectivity index (χ1) is 9.98. The van der Waals surface area contributed by atoms with Crippen molar-refractivity contribution in [3.05, 3.63) is 52.9 Å². The zero-order valence-corrected chi connectivity index (χ0v) is 13.2. The van der Waals surface area contributed by atoms with Crippen LogP contribution < -0.4 is 0 Å². The Morgan fingerprint density at radius 1 is 1.33 bits per heavy atom. The van der Waals surface area contributed by atoms with Gasteiger partial charge in [0.25, 0.3) is 0 Å². The maximum absolute atomic E-state index is 12.8. The Kier molecular flexibility index (Phi) is 3.82. The number of hydrogen-bond donors (Lipinski definition) is 0. The lowest BCUT2D eigenvalue weighted by atomic mass is 10.2. The smallest absolute Gasteiger partial charge is 0.243 e. The molecule has 4 nitrogen and oxygen atoms in total. The van der Waals surface area contributed by atoms with E-state index in [1.54, 1.807) is 30.5 Å². The molecule has 0 aliphatic heterocycles. The van der Waals surface area contributed by atoms with Crippen molar-refractivity contribution in [2.75, 3.05) is 0 Å². The Morgan fingerprint density at radius 3 is 2.67 bits per heavy atom. The van der Waals surface area contributed by atoms with Gasteiger partial charge in [0.15, 0.2) is 0 Å². The zero-order valence-electron chi connectivity index (χ0n) is 11.6. The van der Waals surface area contributed by atoms with Gasteiger partial charge in [-0.05, 0) is 49.6 Å². The third kappa shape index (κ3) is 3.00. The maximum Gasteiger partial charge on any atom is 0.243 e. The third-order valence-corrected chi connectivity index (χ3v) is 5.90. The van der Waals surface area contributed by atoms with Crippen LogP contribution in [-0.2, 0) is 16.6 Å². The Hall–Kier alpha value is -1.30. The van der Waals surface area contributed by atoms with Crippen molar-refractivity contribution in [2.45, 2.75) is 37.2 Å². The van der Waals surface area contributed by atoms with E-state index in [1.807, 2.05) is 6.92 Å². The third-order valence-electron chi connectivity index (χ3n) is 3.60. The van der Waals surface area contributed by atoms with Crippen molar-refractivity contribution in [2.24, 2.45) is 0 Å². The summed E-state index contributed by atoms with van der Waals surface area (Å²) in [4.78, 5) is 0.233. The highest BCUT2D eigenvalue weighted by molar-refractivity contribution is 7.89. The van der Waals surface area contributed by atoms with Gasteiger partial charge in [0, 0.05) is 11.1 Å². The van der Waals surface area contributed by atoms with Crippen molar-refractivity contribution < 1.29 is 12.8 Å². The average Bonchev–Trinajstić information content (AvgIpc) is 3.15. The number of hydrogen-bond acceptors (Lipinski definition) is 3. The number of aryl methyl sites for hydroxylation is 1. The lowest BCUT2D eigenvalue weighted by Gasteiger charge is -2.21. The fourth-order valence-electron chi connectivity index (χ4n) is 2.20. The van der Waals surface area contributed by atoms with Gasteiger partial charge >= 0.3 is 0 Å². The van der Waals surface area contributed by atoms with Crippen LogP contribution in [0.5, 0.6) is 0 Å². The van der Waals surface area contributed by atoms with Crippen molar-refractivity contribution >= 4 is 21.6 Å². The molecule has 0 N–H and O–H groups in total. The average molecular weight is 326 g/mol. The first kappa shape index (κ1) is 14.6. The first-order valence-electron chi connectivity index (χ1n) is 6.79. The van der Waals surface area contributed by atoms with Crippen LogP contribution in [0.15, 0.2) is 45.9 Å². The molecule has 0 atom stereocenters. The largest absolute Gasteiger partial charge is 0.468 e. The molecule has 1 saturated carbocycles. The van der Waals surface area contributed by atoms with Crippen LogP contribution in [-0.4, -0.2) is 18.8 Å². The Morgan fingerprint density at radius 2 is 2.10 bits per heavy atom. The molecule has 0 bridgehead atoms. The molecule has 2 aromatic rings. The fraction of sp³-hybridized carbons (Fsp3) is 0.333. The van der Waals surface area contributed by atoms with E-state index >= 15 is 0 Å². The second-order valence-corrected chi connectivity index (χ2v) is 7.57. The first-order valence-corrected chi connectivity index (χ1v) is 8.60. The molecule has 0 radical (unpaired) electrons. The molecule has 1 aromatic carbocycles. The summed E-state index contributed by atoms with van der Waals surface area (Å²) in [6.45, 7) is 2.10. The molecular weight excluding hydrogens is 310 g/mol. The summed E-state index contributed by atoms with van der Waals surface area (Å²) in [7, 11) is -3.56. The molecule has 1 aliphatic rings. The van der Waals surface area contributed by atoms with Crippen LogP contribution in [0.3, 0.4) is 0 Å². The molecule has 0 amide bonds. The van der Waals surface area contributed by atoms with Crippen LogP contribution in [0.4, 0.5) is 0 Å². The van der Waals surface area contributed by atoms with E-state index in [0.717, 1.165) is 18.4 Å². The second kappa shape index (κ2) is 5.48. The molecule has 1 heterocycles. The normalized spacial score (nSPS) is 15.6. The Labute approximate surface area is 129 Å². The van der Waals surface area contributed by atoms with Gasteiger partial charge in [0.2, 0.25) is 10.0 Å². The van der Waals surface area contributed by atoms with E-state index in [0.29, 0.717) is 10.8 Å². The van der Waals surface area contributed by atoms with Crippen molar-refractivity contribution in [3.8, 4) is 0 Å². The van der Waals surface area contributed by atoms with E-state index in [9.17, 15) is 8.42 Å². The summed E-state index contributed by atoms with van der Waals surface area (Å²) < 4.78 is 32.4. The number of sulfonamides is 1. The molecule has 112 valence electrons. The van der Waals surface area contributed by atoms with Gasteiger partial charge in [-0.2, -0.15) is 4.31 Å². The highest BCUT2D eigenvalue weighted by Crippen LogP contribution is 2.34. The number of halogens is 1. The standard InChI is InChI=1S/C15H16ClNO3S/c1-11-4-7-14(9-15(11)16)21(18,19)17(12-5-6-12)10-13-3-2-8-20-13/h2-4,7-9,12H,5-6,10H2,1H3. The Balaban J connectivity index is 1.95. The molecular formula is C15H16ClNO3S. The zero-order chi connectivity index (χ0) is 15.0. The summed E-state index contributed by atoms with van der Waals surface area (Å²) in [6.07, 6.45) is 3.33. The molecule has 0 spiro atoms. The SMILES string of the molecule is Cc1ccc(S(=O)(=O)N(Cc2ccco2)C2CC2)cc1Cl. The van der Waals surface area contributed by atoms with Gasteiger partial charge in [-0.3, -0.25) is 0 Å². The van der Waals surface area contributed by atoms with E-state index in [-0.39, 0.29) is 17.5 Å². The van der Waals surface area contributed by atoms with Gasteiger partial charge < -0.3 is 4.42 Å². The van der Waals surface area contributed by atoms with E-state index in [1.165, 1.54) is 10.4 Å². The highest BCUT2D eigenvalue weighted by Gasteiger charge is 2.38. The van der Waals surface area contributed by atoms with Crippen LogP contribution in [0.1, 0.15) is 24.2 Å². The number of rotatable bonds is 5. The minimum absolute atomic E-state index is 0.0557. The van der Waals surface area contributed by atoms with Crippen LogP contribution in [0.2, 0.25) is 5.02 Å². The number of nitrogens with zero attached hydrogens (tertiary/aromatic N) is 1. The predicted octanol–water partition coefficient (Wildman–Crippen LogP) is 3.59. The van der Waals surface area contributed by atoms with E-state index in [4.69, 9.17) is 16.0 Å². The molecule has 0 unspecified atom stereocenters. The molecule has 1 aliphatic carbocycles. The van der Waals surface area contributed by atoms with Crippen molar-refractivity contribution in [3.63, 3.8) is 0 Å². The monoisotopic (exact) mass is 325 g/mol. The Bertz CT molecular complexity index is 736. The van der Waals surface area contributed by atoms with Crippen molar-refractivity contribution in [1.29, 1.82) is 0 Å². The van der Waals surface area contributed by atoms with Gasteiger partial charge in [0.05, 0.1) is 17.7 Å². The van der Waals surface area contributed by atoms with Gasteiger partial charge in [0.1, 0.15) is 5.76 Å². The molecule has 1 aromatic heterocycles. The minimum Gasteiger partial charge on any atom is -0.468 e. The summed E-state index contributed by atoms with van der Waals surface area (Å²) in [5.74, 6) is 0.642. The van der Waals surface area contributed by atoms with Crippen LogP contribution in [0.25, 0.3) is 0 Å². The van der Waals surface area contributed by atoms with E-state index in [2.05, 4.69) is 0 Å². The molecule has 21 heavy (non-hydrogen) atoms. The topological polar surface area (TPSA) is 50.5 Å². The number of furan rings is 1. The second-order valence-electron chi connectivity index (χ2n) is 5.27. The van der Waals surface area contributed by atoms with Gasteiger partial charge in [-0.25, -0.2) is 8.42 Å². The van der Waals surface area contributed by atoms with Gasteiger partial charge in [-0.15, -0.1) is 0 Å². The summed E-state index contributed by atoms with van der Waals surface area (Å²) in [6, 6.07) is 8.45. The summed E-state index contributed by atoms with van der Waals surface area (Å²) in [5.41, 5.74) is 0.861. The quantitative estimate of drug-likeness (QED) is 0.844. The lowest BCUT2D eigenvalue weighted by molar-refractivity contribution is 0.356. The van der Waals surface area contributed by atoms with Crippen LogP contribution in [0, 0.1) is 6.92 Å². The predicted molar refractivity (Wildman–Crippen MR) is 80.6 cm³/mol. The van der Waals surface area contributed by atoms with E-state index < -0.39 is 10.0 Å². The minimum atomic E-state index is -3.56. The van der Waals surface area contributed by atoms with Crippen LogP contribution >= 0.6 is 11.6 Å². The molecule has 3 rings (SSSR count). The maximum atomic E-state index is 12.8. The fourth-order valence-corrected chi connectivity index (χ4v) is 4.12. The van der Waals surface area contributed by atoms with Crippen molar-refractivity contribution in [1.82, 2.24) is 4.31 Å². The lowest BCUT2D eigenvalue weighted by Crippen LogP contribution is -2.32.